The zero-order valence-corrected chi connectivity index (χ0v) is 17.6. The fourth-order valence-corrected chi connectivity index (χ4v) is 5.14. The largest absolute Gasteiger partial charge is 0.487 e. The van der Waals surface area contributed by atoms with Crippen LogP contribution in [0, 0.1) is 5.41 Å². The molecule has 0 N–H and O–H groups in total. The van der Waals surface area contributed by atoms with E-state index in [1.165, 1.54) is 11.1 Å². The summed E-state index contributed by atoms with van der Waals surface area (Å²) in [6.07, 6.45) is 2.30. The first-order chi connectivity index (χ1) is 14.5. The molecule has 0 radical (unpaired) electrons. The van der Waals surface area contributed by atoms with Crippen molar-refractivity contribution in [3.05, 3.63) is 108 Å². The fraction of sp³-hybridized carbons (Fsp3) is 0.250. The lowest BCUT2D eigenvalue weighted by molar-refractivity contribution is 0.0880. The van der Waals surface area contributed by atoms with Crippen LogP contribution in [0.15, 0.2) is 91.0 Å². The van der Waals surface area contributed by atoms with E-state index < -0.39 is 0 Å². The monoisotopic (exact) mass is 393 g/mol. The van der Waals surface area contributed by atoms with Crippen molar-refractivity contribution >= 4 is 10.9 Å². The van der Waals surface area contributed by atoms with Crippen molar-refractivity contribution < 1.29 is 4.74 Å². The van der Waals surface area contributed by atoms with Gasteiger partial charge in [0.15, 0.2) is 0 Å². The molecule has 1 aliphatic carbocycles. The Morgan fingerprint density at radius 1 is 0.767 bits per heavy atom. The summed E-state index contributed by atoms with van der Waals surface area (Å²) in [5.41, 5.74) is 5.14. The van der Waals surface area contributed by atoms with Gasteiger partial charge in [-0.15, -0.1) is 0 Å². The molecule has 150 valence electrons. The SMILES string of the molecule is CC1(C)CC(c2ccccc2)(c2cccc(OCc3ccc4ccccc4n3)c2)C1. The average molecular weight is 394 g/mol. The second-order valence-corrected chi connectivity index (χ2v) is 9.28. The van der Waals surface area contributed by atoms with Gasteiger partial charge < -0.3 is 4.74 Å². The number of rotatable bonds is 5. The van der Waals surface area contributed by atoms with E-state index in [4.69, 9.17) is 9.72 Å². The molecule has 2 nitrogen and oxygen atoms in total. The van der Waals surface area contributed by atoms with Gasteiger partial charge in [0.1, 0.15) is 12.4 Å². The average Bonchev–Trinajstić information content (AvgIpc) is 2.76. The van der Waals surface area contributed by atoms with Crippen LogP contribution in [0.4, 0.5) is 0 Å². The van der Waals surface area contributed by atoms with Crippen LogP contribution in [0.25, 0.3) is 10.9 Å². The second-order valence-electron chi connectivity index (χ2n) is 9.28. The third-order valence-corrected chi connectivity index (χ3v) is 6.32. The normalized spacial score (nSPS) is 16.7. The van der Waals surface area contributed by atoms with E-state index in [-0.39, 0.29) is 5.41 Å². The van der Waals surface area contributed by atoms with Crippen molar-refractivity contribution in [3.8, 4) is 5.75 Å². The summed E-state index contributed by atoms with van der Waals surface area (Å²) in [6.45, 7) is 5.19. The molecule has 0 spiro atoms. The van der Waals surface area contributed by atoms with E-state index in [1.54, 1.807) is 0 Å². The number of para-hydroxylation sites is 1. The number of hydrogen-bond acceptors (Lipinski definition) is 2. The van der Waals surface area contributed by atoms with Gasteiger partial charge in [-0.25, -0.2) is 4.98 Å². The molecule has 1 aliphatic rings. The van der Waals surface area contributed by atoms with Crippen molar-refractivity contribution in [2.45, 2.75) is 38.7 Å². The predicted octanol–water partition coefficient (Wildman–Crippen LogP) is 6.92. The minimum Gasteiger partial charge on any atom is -0.487 e. The quantitative estimate of drug-likeness (QED) is 0.367. The van der Waals surface area contributed by atoms with Crippen LogP contribution < -0.4 is 4.74 Å². The van der Waals surface area contributed by atoms with Crippen LogP contribution in [0.2, 0.25) is 0 Å². The van der Waals surface area contributed by atoms with Gasteiger partial charge in [0, 0.05) is 10.8 Å². The minimum absolute atomic E-state index is 0.0747. The highest BCUT2D eigenvalue weighted by Crippen LogP contribution is 2.59. The summed E-state index contributed by atoms with van der Waals surface area (Å²) in [5, 5.41) is 1.15. The highest BCUT2D eigenvalue weighted by molar-refractivity contribution is 5.78. The Kier molecular flexibility index (Phi) is 4.58. The first-order valence-electron chi connectivity index (χ1n) is 10.7. The van der Waals surface area contributed by atoms with Crippen LogP contribution in [-0.4, -0.2) is 4.98 Å². The number of pyridine rings is 1. The highest BCUT2D eigenvalue weighted by Gasteiger charge is 2.51. The fourth-order valence-electron chi connectivity index (χ4n) is 5.14. The number of hydrogen-bond donors (Lipinski definition) is 0. The van der Waals surface area contributed by atoms with Gasteiger partial charge in [-0.3, -0.25) is 0 Å². The summed E-state index contributed by atoms with van der Waals surface area (Å²) in [5.74, 6) is 0.905. The molecule has 3 aromatic carbocycles. The van der Waals surface area contributed by atoms with Crippen molar-refractivity contribution in [3.63, 3.8) is 0 Å². The Morgan fingerprint density at radius 3 is 2.30 bits per heavy atom. The van der Waals surface area contributed by atoms with Gasteiger partial charge in [-0.05, 0) is 53.6 Å². The van der Waals surface area contributed by atoms with Crippen molar-refractivity contribution in [1.82, 2.24) is 4.98 Å². The van der Waals surface area contributed by atoms with Gasteiger partial charge in [-0.1, -0.05) is 80.6 Å². The first-order valence-corrected chi connectivity index (χ1v) is 10.7. The second kappa shape index (κ2) is 7.28. The summed E-state index contributed by atoms with van der Waals surface area (Å²) in [4.78, 5) is 4.73. The molecule has 4 aromatic rings. The van der Waals surface area contributed by atoms with Gasteiger partial charge in [-0.2, -0.15) is 0 Å². The lowest BCUT2D eigenvalue weighted by Gasteiger charge is -2.54. The third-order valence-electron chi connectivity index (χ3n) is 6.32. The number of aromatic nitrogens is 1. The summed E-state index contributed by atoms with van der Waals surface area (Å²) < 4.78 is 6.17. The van der Waals surface area contributed by atoms with E-state index in [9.17, 15) is 0 Å². The predicted molar refractivity (Wildman–Crippen MR) is 123 cm³/mol. The Hall–Kier alpha value is -3.13. The van der Waals surface area contributed by atoms with E-state index in [0.717, 1.165) is 35.2 Å². The lowest BCUT2D eigenvalue weighted by atomic mass is 9.49. The summed E-state index contributed by atoms with van der Waals surface area (Å²) in [7, 11) is 0. The van der Waals surface area contributed by atoms with E-state index >= 15 is 0 Å². The Morgan fingerprint density at radius 2 is 1.50 bits per heavy atom. The highest BCUT2D eigenvalue weighted by atomic mass is 16.5. The van der Waals surface area contributed by atoms with Gasteiger partial charge >= 0.3 is 0 Å². The molecule has 5 rings (SSSR count). The number of ether oxygens (including phenoxy) is 1. The number of fused-ring (bicyclic) bond motifs is 1. The van der Waals surface area contributed by atoms with Crippen LogP contribution in [-0.2, 0) is 12.0 Å². The standard InChI is InChI=1S/C28H27NO/c1-27(2)19-28(20-27,22-10-4-3-5-11-22)23-12-8-13-25(17-23)30-18-24-16-15-21-9-6-7-14-26(21)29-24/h3-17H,18-20H2,1-2H3. The molecule has 30 heavy (non-hydrogen) atoms. The topological polar surface area (TPSA) is 22.1 Å². The molecular formula is C28H27NO. The van der Waals surface area contributed by atoms with Gasteiger partial charge in [0.05, 0.1) is 11.2 Å². The molecule has 1 fully saturated rings. The molecule has 1 aromatic heterocycles. The molecule has 2 heteroatoms. The maximum atomic E-state index is 6.17. The van der Waals surface area contributed by atoms with Gasteiger partial charge in [0.2, 0.25) is 0 Å². The van der Waals surface area contributed by atoms with Crippen LogP contribution in [0.1, 0.15) is 43.5 Å². The summed E-state index contributed by atoms with van der Waals surface area (Å²) >= 11 is 0. The molecule has 1 heterocycles. The maximum absolute atomic E-state index is 6.17. The molecule has 0 saturated heterocycles. The first kappa shape index (κ1) is 18.9. The van der Waals surface area contributed by atoms with Crippen molar-refractivity contribution in [2.24, 2.45) is 5.41 Å². The molecule has 0 unspecified atom stereocenters. The minimum atomic E-state index is 0.0747. The summed E-state index contributed by atoms with van der Waals surface area (Å²) in [6, 6.07) is 31.9. The van der Waals surface area contributed by atoms with Crippen LogP contribution in [0.5, 0.6) is 5.75 Å². The zero-order chi connectivity index (χ0) is 20.6. The maximum Gasteiger partial charge on any atom is 0.130 e. The van der Waals surface area contributed by atoms with E-state index in [0.29, 0.717) is 12.0 Å². The Bertz CT molecular complexity index is 1170. The van der Waals surface area contributed by atoms with Crippen molar-refractivity contribution in [1.29, 1.82) is 0 Å². The molecular weight excluding hydrogens is 366 g/mol. The molecule has 0 atom stereocenters. The van der Waals surface area contributed by atoms with Gasteiger partial charge in [0.25, 0.3) is 0 Å². The number of benzene rings is 3. The Balaban J connectivity index is 1.40. The smallest absolute Gasteiger partial charge is 0.130 e. The Labute approximate surface area is 178 Å². The lowest BCUT2D eigenvalue weighted by Crippen LogP contribution is -2.47. The molecule has 0 aliphatic heterocycles. The molecule has 0 bridgehead atoms. The molecule has 0 amide bonds. The third kappa shape index (κ3) is 3.47. The van der Waals surface area contributed by atoms with Crippen LogP contribution in [0.3, 0.4) is 0 Å². The van der Waals surface area contributed by atoms with Crippen molar-refractivity contribution in [2.75, 3.05) is 0 Å². The van der Waals surface area contributed by atoms with E-state index in [1.807, 2.05) is 30.3 Å². The van der Waals surface area contributed by atoms with Crippen LogP contribution >= 0.6 is 0 Å². The number of nitrogens with zero attached hydrogens (tertiary/aromatic N) is 1. The zero-order valence-electron chi connectivity index (χ0n) is 17.6. The van der Waals surface area contributed by atoms with E-state index in [2.05, 4.69) is 74.5 Å². The molecule has 1 saturated carbocycles.